The SMILES string of the molecule is COc1ccc(Cl)cc1C(=O)NC(Cc1ccccc1)C1(c2ccccc2)CCNCC1. The summed E-state index contributed by atoms with van der Waals surface area (Å²) in [5.74, 6) is 0.351. The molecule has 4 nitrogen and oxygen atoms in total. The molecule has 1 aliphatic heterocycles. The average molecular weight is 449 g/mol. The molecule has 0 spiro atoms. The molecule has 1 saturated heterocycles. The molecule has 1 atom stereocenters. The van der Waals surface area contributed by atoms with Crippen LogP contribution in [0.25, 0.3) is 0 Å². The molecule has 0 saturated carbocycles. The second-order valence-corrected chi connectivity index (χ2v) is 8.77. The summed E-state index contributed by atoms with van der Waals surface area (Å²) in [4.78, 5) is 13.5. The van der Waals surface area contributed by atoms with E-state index in [2.05, 4.69) is 47.0 Å². The van der Waals surface area contributed by atoms with Gasteiger partial charge in [-0.15, -0.1) is 0 Å². The van der Waals surface area contributed by atoms with Gasteiger partial charge in [0.1, 0.15) is 5.75 Å². The summed E-state index contributed by atoms with van der Waals surface area (Å²) in [7, 11) is 1.57. The number of benzene rings is 3. The Morgan fingerprint density at radius 1 is 1.03 bits per heavy atom. The van der Waals surface area contributed by atoms with E-state index in [1.165, 1.54) is 11.1 Å². The van der Waals surface area contributed by atoms with Crippen molar-refractivity contribution in [2.45, 2.75) is 30.7 Å². The second kappa shape index (κ2) is 10.2. The third-order valence-corrected chi connectivity index (χ3v) is 6.74. The van der Waals surface area contributed by atoms with E-state index in [-0.39, 0.29) is 17.4 Å². The molecule has 0 aromatic heterocycles. The topological polar surface area (TPSA) is 50.4 Å². The van der Waals surface area contributed by atoms with Gasteiger partial charge in [-0.2, -0.15) is 0 Å². The minimum atomic E-state index is -0.177. The number of nitrogens with one attached hydrogen (secondary N) is 2. The molecular weight excluding hydrogens is 420 g/mol. The lowest BCUT2D eigenvalue weighted by atomic mass is 9.66. The lowest BCUT2D eigenvalue weighted by Gasteiger charge is -2.45. The zero-order valence-corrected chi connectivity index (χ0v) is 19.1. The number of methoxy groups -OCH3 is 1. The zero-order valence-electron chi connectivity index (χ0n) is 18.3. The van der Waals surface area contributed by atoms with E-state index in [1.54, 1.807) is 25.3 Å². The highest BCUT2D eigenvalue weighted by Gasteiger charge is 2.42. The molecule has 1 aliphatic rings. The highest BCUT2D eigenvalue weighted by Crippen LogP contribution is 2.38. The van der Waals surface area contributed by atoms with Gasteiger partial charge in [-0.25, -0.2) is 0 Å². The third kappa shape index (κ3) is 4.82. The van der Waals surface area contributed by atoms with Crippen molar-refractivity contribution in [1.29, 1.82) is 0 Å². The monoisotopic (exact) mass is 448 g/mol. The minimum Gasteiger partial charge on any atom is -0.496 e. The largest absolute Gasteiger partial charge is 0.496 e. The molecule has 32 heavy (non-hydrogen) atoms. The van der Waals surface area contributed by atoms with Crippen LogP contribution in [-0.4, -0.2) is 32.1 Å². The quantitative estimate of drug-likeness (QED) is 0.534. The van der Waals surface area contributed by atoms with Gasteiger partial charge in [-0.05, 0) is 61.7 Å². The smallest absolute Gasteiger partial charge is 0.255 e. The van der Waals surface area contributed by atoms with Crippen LogP contribution in [0.2, 0.25) is 5.02 Å². The maximum atomic E-state index is 13.5. The maximum Gasteiger partial charge on any atom is 0.255 e. The molecule has 166 valence electrons. The average Bonchev–Trinajstić information content (AvgIpc) is 2.85. The standard InChI is InChI=1S/C27H29ClN2O2/c1-32-24-13-12-22(28)19-23(24)26(31)30-25(18-20-8-4-2-5-9-20)27(14-16-29-17-15-27)21-10-6-3-7-11-21/h2-13,19,25,29H,14-18H2,1H3,(H,30,31). The Bertz CT molecular complexity index is 1030. The molecule has 1 heterocycles. The van der Waals surface area contributed by atoms with Crippen molar-refractivity contribution in [1.82, 2.24) is 10.6 Å². The van der Waals surface area contributed by atoms with Gasteiger partial charge >= 0.3 is 0 Å². The first kappa shape index (κ1) is 22.4. The molecule has 4 rings (SSSR count). The number of carbonyl (C=O) groups is 1. The molecule has 2 N–H and O–H groups in total. The van der Waals surface area contributed by atoms with Crippen molar-refractivity contribution in [2.75, 3.05) is 20.2 Å². The normalized spacial score (nSPS) is 16.2. The number of rotatable bonds is 7. The van der Waals surface area contributed by atoms with Crippen molar-refractivity contribution in [3.05, 3.63) is 101 Å². The fourth-order valence-corrected chi connectivity index (χ4v) is 4.98. The molecule has 0 radical (unpaired) electrons. The first-order chi connectivity index (χ1) is 15.6. The van der Waals surface area contributed by atoms with Crippen molar-refractivity contribution < 1.29 is 9.53 Å². The van der Waals surface area contributed by atoms with Gasteiger partial charge < -0.3 is 15.4 Å². The van der Waals surface area contributed by atoms with Crippen LogP contribution >= 0.6 is 11.6 Å². The van der Waals surface area contributed by atoms with E-state index in [9.17, 15) is 4.79 Å². The van der Waals surface area contributed by atoms with Crippen molar-refractivity contribution in [3.63, 3.8) is 0 Å². The van der Waals surface area contributed by atoms with E-state index < -0.39 is 0 Å². The molecule has 5 heteroatoms. The number of amides is 1. The van der Waals surface area contributed by atoms with Crippen LogP contribution in [0.4, 0.5) is 0 Å². The minimum absolute atomic E-state index is 0.0920. The van der Waals surface area contributed by atoms with Gasteiger partial charge in [0.05, 0.1) is 12.7 Å². The summed E-state index contributed by atoms with van der Waals surface area (Å²) in [5.41, 5.74) is 2.74. The lowest BCUT2D eigenvalue weighted by Crippen LogP contribution is -2.56. The van der Waals surface area contributed by atoms with E-state index in [4.69, 9.17) is 16.3 Å². The van der Waals surface area contributed by atoms with Crippen LogP contribution in [0.3, 0.4) is 0 Å². The van der Waals surface area contributed by atoms with Crippen LogP contribution in [0.15, 0.2) is 78.9 Å². The highest BCUT2D eigenvalue weighted by molar-refractivity contribution is 6.31. The van der Waals surface area contributed by atoms with Crippen LogP contribution in [0.1, 0.15) is 34.3 Å². The van der Waals surface area contributed by atoms with Gasteiger partial charge in [-0.1, -0.05) is 72.3 Å². The first-order valence-corrected chi connectivity index (χ1v) is 11.4. The summed E-state index contributed by atoms with van der Waals surface area (Å²) < 4.78 is 5.45. The van der Waals surface area contributed by atoms with Crippen molar-refractivity contribution in [3.8, 4) is 5.75 Å². The molecule has 0 bridgehead atoms. The Morgan fingerprint density at radius 2 is 1.69 bits per heavy atom. The fraction of sp³-hybridized carbons (Fsp3) is 0.296. The Morgan fingerprint density at radius 3 is 2.34 bits per heavy atom. The Balaban J connectivity index is 1.74. The lowest BCUT2D eigenvalue weighted by molar-refractivity contribution is 0.0894. The molecule has 1 unspecified atom stereocenters. The molecular formula is C27H29ClN2O2. The summed E-state index contributed by atoms with van der Waals surface area (Å²) in [5, 5.41) is 7.39. The van der Waals surface area contributed by atoms with Gasteiger partial charge in [0, 0.05) is 16.5 Å². The molecule has 3 aromatic carbocycles. The number of halogens is 1. The second-order valence-electron chi connectivity index (χ2n) is 8.33. The zero-order chi connectivity index (χ0) is 22.4. The van der Waals surface area contributed by atoms with E-state index in [1.807, 2.05) is 24.3 Å². The fourth-order valence-electron chi connectivity index (χ4n) is 4.81. The number of hydrogen-bond donors (Lipinski definition) is 2. The van der Waals surface area contributed by atoms with Gasteiger partial charge in [-0.3, -0.25) is 4.79 Å². The number of ether oxygens (including phenoxy) is 1. The van der Waals surface area contributed by atoms with Crippen LogP contribution in [0, 0.1) is 0 Å². The van der Waals surface area contributed by atoms with Crippen molar-refractivity contribution in [2.24, 2.45) is 0 Å². The first-order valence-electron chi connectivity index (χ1n) is 11.1. The Kier molecular flexibility index (Phi) is 7.13. The third-order valence-electron chi connectivity index (χ3n) is 6.51. The number of piperidine rings is 1. The maximum absolute atomic E-state index is 13.5. The Labute approximate surface area is 195 Å². The van der Waals surface area contributed by atoms with Gasteiger partial charge in [0.25, 0.3) is 5.91 Å². The van der Waals surface area contributed by atoms with Gasteiger partial charge in [0.2, 0.25) is 0 Å². The van der Waals surface area contributed by atoms with E-state index >= 15 is 0 Å². The predicted octanol–water partition coefficient (Wildman–Crippen LogP) is 5.01. The summed E-state index contributed by atoms with van der Waals surface area (Å²) in [6, 6.07) is 26.0. The van der Waals surface area contributed by atoms with Gasteiger partial charge in [0.15, 0.2) is 0 Å². The van der Waals surface area contributed by atoms with E-state index in [0.717, 1.165) is 32.4 Å². The summed E-state index contributed by atoms with van der Waals surface area (Å²) in [6.45, 7) is 1.83. The molecule has 0 aliphatic carbocycles. The molecule has 1 amide bonds. The Hall–Kier alpha value is -2.82. The number of hydrogen-bond acceptors (Lipinski definition) is 3. The summed E-state index contributed by atoms with van der Waals surface area (Å²) >= 11 is 6.21. The van der Waals surface area contributed by atoms with Crippen LogP contribution in [0.5, 0.6) is 5.75 Å². The molecule has 1 fully saturated rings. The van der Waals surface area contributed by atoms with Crippen molar-refractivity contribution >= 4 is 17.5 Å². The molecule has 3 aromatic rings. The van der Waals surface area contributed by atoms with E-state index in [0.29, 0.717) is 16.3 Å². The number of carbonyl (C=O) groups excluding carboxylic acids is 1. The summed E-state index contributed by atoms with van der Waals surface area (Å²) in [6.07, 6.45) is 2.63. The van der Waals surface area contributed by atoms with Crippen LogP contribution < -0.4 is 15.4 Å². The predicted molar refractivity (Wildman–Crippen MR) is 130 cm³/mol. The van der Waals surface area contributed by atoms with Crippen LogP contribution in [-0.2, 0) is 11.8 Å². The highest BCUT2D eigenvalue weighted by atomic mass is 35.5.